The van der Waals surface area contributed by atoms with Gasteiger partial charge in [-0.15, -0.1) is 5.10 Å². The Morgan fingerprint density at radius 1 is 1.43 bits per heavy atom. The largest absolute Gasteiger partial charge is 0.481 e. The van der Waals surface area contributed by atoms with Gasteiger partial charge in [0.05, 0.1) is 23.7 Å². The molecule has 2 aromatic rings. The van der Waals surface area contributed by atoms with Crippen LogP contribution in [0.2, 0.25) is 0 Å². The number of aryl methyl sites for hydroxylation is 2. The number of hydrogen-bond acceptors (Lipinski definition) is 5. The third-order valence-corrected chi connectivity index (χ3v) is 3.41. The van der Waals surface area contributed by atoms with Crippen molar-refractivity contribution in [2.75, 3.05) is 0 Å². The first kappa shape index (κ1) is 15.1. The van der Waals surface area contributed by atoms with E-state index >= 15 is 0 Å². The summed E-state index contributed by atoms with van der Waals surface area (Å²) in [6, 6.07) is -0.348. The molecule has 0 amide bonds. The Bertz CT molecular complexity index is 652. The topological polar surface area (TPSA) is 98.7 Å². The highest BCUT2D eigenvalue weighted by atomic mass is 16.4. The fourth-order valence-corrected chi connectivity index (χ4v) is 2.32. The zero-order valence-corrected chi connectivity index (χ0v) is 12.9. The molecule has 0 spiro atoms. The molecule has 1 unspecified atom stereocenters. The smallest absolute Gasteiger partial charge is 0.305 e. The average Bonchev–Trinajstić information content (AvgIpc) is 2.90. The van der Waals surface area contributed by atoms with E-state index in [9.17, 15) is 4.79 Å². The highest BCUT2D eigenvalue weighted by molar-refractivity contribution is 5.67. The SMILES string of the molecule is Cc1nn(C)cc1-c1nnnn1C(CC(=O)O)C(C)(C)C. The molecule has 21 heavy (non-hydrogen) atoms. The van der Waals surface area contributed by atoms with E-state index in [1.807, 2.05) is 40.9 Å². The van der Waals surface area contributed by atoms with Crippen molar-refractivity contribution in [3.63, 3.8) is 0 Å². The Kier molecular flexibility index (Phi) is 3.80. The number of aliphatic carboxylic acids is 1. The number of nitrogens with zero attached hydrogens (tertiary/aromatic N) is 6. The molecular formula is C13H20N6O2. The number of carbonyl (C=O) groups is 1. The summed E-state index contributed by atoms with van der Waals surface area (Å²) in [5.41, 5.74) is 1.32. The monoisotopic (exact) mass is 292 g/mol. The maximum Gasteiger partial charge on any atom is 0.305 e. The van der Waals surface area contributed by atoms with Crippen LogP contribution in [0.5, 0.6) is 0 Å². The van der Waals surface area contributed by atoms with Crippen LogP contribution in [0.25, 0.3) is 11.4 Å². The van der Waals surface area contributed by atoms with Gasteiger partial charge in [0.2, 0.25) is 0 Å². The van der Waals surface area contributed by atoms with Crippen molar-refractivity contribution in [1.29, 1.82) is 0 Å². The molecule has 1 atom stereocenters. The van der Waals surface area contributed by atoms with Crippen LogP contribution in [-0.2, 0) is 11.8 Å². The minimum Gasteiger partial charge on any atom is -0.481 e. The maximum absolute atomic E-state index is 11.2. The van der Waals surface area contributed by atoms with E-state index in [0.29, 0.717) is 5.82 Å². The van der Waals surface area contributed by atoms with Gasteiger partial charge in [0.1, 0.15) is 0 Å². The van der Waals surface area contributed by atoms with E-state index in [0.717, 1.165) is 11.3 Å². The van der Waals surface area contributed by atoms with Gasteiger partial charge in [-0.2, -0.15) is 5.10 Å². The lowest BCUT2D eigenvalue weighted by Gasteiger charge is -2.29. The van der Waals surface area contributed by atoms with Crippen molar-refractivity contribution in [3.8, 4) is 11.4 Å². The molecule has 0 fully saturated rings. The van der Waals surface area contributed by atoms with E-state index in [1.165, 1.54) is 0 Å². The average molecular weight is 292 g/mol. The fraction of sp³-hybridized carbons (Fsp3) is 0.615. The first-order chi connectivity index (χ1) is 9.70. The highest BCUT2D eigenvalue weighted by Crippen LogP contribution is 2.35. The van der Waals surface area contributed by atoms with Crippen LogP contribution in [-0.4, -0.2) is 41.1 Å². The Morgan fingerprint density at radius 2 is 2.10 bits per heavy atom. The van der Waals surface area contributed by atoms with Crippen LogP contribution >= 0.6 is 0 Å². The zero-order chi connectivity index (χ0) is 15.8. The zero-order valence-electron chi connectivity index (χ0n) is 12.9. The van der Waals surface area contributed by atoms with Crippen LogP contribution < -0.4 is 0 Å². The molecule has 0 bridgehead atoms. The molecule has 0 saturated heterocycles. The quantitative estimate of drug-likeness (QED) is 0.915. The van der Waals surface area contributed by atoms with E-state index in [1.54, 1.807) is 9.36 Å². The van der Waals surface area contributed by atoms with Gasteiger partial charge in [0, 0.05) is 13.2 Å². The van der Waals surface area contributed by atoms with Gasteiger partial charge in [-0.05, 0) is 22.8 Å². The summed E-state index contributed by atoms with van der Waals surface area (Å²) in [6.07, 6.45) is 1.79. The Morgan fingerprint density at radius 3 is 2.57 bits per heavy atom. The summed E-state index contributed by atoms with van der Waals surface area (Å²) in [6.45, 7) is 7.80. The third-order valence-electron chi connectivity index (χ3n) is 3.41. The third kappa shape index (κ3) is 3.09. The second-order valence-electron chi connectivity index (χ2n) is 6.23. The first-order valence-electron chi connectivity index (χ1n) is 6.70. The molecular weight excluding hydrogens is 272 g/mol. The number of tetrazole rings is 1. The van der Waals surface area contributed by atoms with Gasteiger partial charge < -0.3 is 5.11 Å². The lowest BCUT2D eigenvalue weighted by Crippen LogP contribution is -2.28. The van der Waals surface area contributed by atoms with Gasteiger partial charge in [-0.25, -0.2) is 4.68 Å². The van der Waals surface area contributed by atoms with Gasteiger partial charge in [-0.3, -0.25) is 9.48 Å². The predicted octanol–water partition coefficient (Wildman–Crippen LogP) is 1.44. The van der Waals surface area contributed by atoms with Crippen molar-refractivity contribution >= 4 is 5.97 Å². The lowest BCUT2D eigenvalue weighted by molar-refractivity contribution is -0.138. The molecule has 0 aliphatic rings. The summed E-state index contributed by atoms with van der Waals surface area (Å²) in [4.78, 5) is 11.2. The Hall–Kier alpha value is -2.25. The molecule has 2 heterocycles. The molecule has 0 radical (unpaired) electrons. The molecule has 114 valence electrons. The van der Waals surface area contributed by atoms with Crippen molar-refractivity contribution in [2.45, 2.75) is 40.2 Å². The molecule has 0 saturated carbocycles. The van der Waals surface area contributed by atoms with Crippen molar-refractivity contribution in [1.82, 2.24) is 30.0 Å². The number of rotatable bonds is 4. The van der Waals surface area contributed by atoms with Crippen molar-refractivity contribution in [3.05, 3.63) is 11.9 Å². The number of hydrogen-bond donors (Lipinski definition) is 1. The molecule has 8 nitrogen and oxygen atoms in total. The molecule has 2 aromatic heterocycles. The summed E-state index contributed by atoms with van der Waals surface area (Å²) < 4.78 is 3.28. The van der Waals surface area contributed by atoms with Crippen LogP contribution in [0.15, 0.2) is 6.20 Å². The van der Waals surface area contributed by atoms with Crippen molar-refractivity contribution < 1.29 is 9.90 Å². The molecule has 1 N–H and O–H groups in total. The molecule has 0 aromatic carbocycles. The van der Waals surface area contributed by atoms with E-state index in [-0.39, 0.29) is 17.9 Å². The standard InChI is InChI=1S/C13H20N6O2/c1-8-9(7-18(5)15-8)12-14-16-17-19(12)10(6-11(20)21)13(2,3)4/h7,10H,6H2,1-5H3,(H,20,21). The van der Waals surface area contributed by atoms with E-state index in [4.69, 9.17) is 5.11 Å². The van der Waals surface area contributed by atoms with E-state index in [2.05, 4.69) is 20.6 Å². The molecule has 2 rings (SSSR count). The van der Waals surface area contributed by atoms with Gasteiger partial charge in [0.15, 0.2) is 5.82 Å². The summed E-state index contributed by atoms with van der Waals surface area (Å²) in [5, 5.41) is 25.2. The predicted molar refractivity (Wildman–Crippen MR) is 75.5 cm³/mol. The highest BCUT2D eigenvalue weighted by Gasteiger charge is 2.32. The van der Waals surface area contributed by atoms with Crippen LogP contribution in [0.3, 0.4) is 0 Å². The molecule has 8 heteroatoms. The second-order valence-corrected chi connectivity index (χ2v) is 6.23. The number of carboxylic acids is 1. The number of aromatic nitrogens is 6. The van der Waals surface area contributed by atoms with E-state index < -0.39 is 5.97 Å². The normalized spacial score (nSPS) is 13.4. The van der Waals surface area contributed by atoms with Crippen LogP contribution in [0, 0.1) is 12.3 Å². The van der Waals surface area contributed by atoms with Crippen molar-refractivity contribution in [2.24, 2.45) is 12.5 Å². The maximum atomic E-state index is 11.2. The minimum atomic E-state index is -0.876. The van der Waals surface area contributed by atoms with Gasteiger partial charge in [0.25, 0.3) is 0 Å². The summed E-state index contributed by atoms with van der Waals surface area (Å²) >= 11 is 0. The molecule has 0 aliphatic heterocycles. The number of carboxylic acid groups (broad SMARTS) is 1. The Balaban J connectivity index is 2.51. The Labute approximate surface area is 122 Å². The lowest BCUT2D eigenvalue weighted by atomic mass is 9.84. The first-order valence-corrected chi connectivity index (χ1v) is 6.70. The van der Waals surface area contributed by atoms with Crippen LogP contribution in [0.4, 0.5) is 0 Å². The minimum absolute atomic E-state index is 0.0408. The summed E-state index contributed by atoms with van der Waals surface area (Å²) in [7, 11) is 1.82. The van der Waals surface area contributed by atoms with Gasteiger partial charge >= 0.3 is 5.97 Å². The second kappa shape index (κ2) is 5.27. The van der Waals surface area contributed by atoms with Gasteiger partial charge in [-0.1, -0.05) is 20.8 Å². The fourth-order valence-electron chi connectivity index (χ4n) is 2.32. The molecule has 0 aliphatic carbocycles. The summed E-state index contributed by atoms with van der Waals surface area (Å²) in [5.74, 6) is -0.332. The van der Waals surface area contributed by atoms with Crippen LogP contribution in [0.1, 0.15) is 38.9 Å².